The minimum Gasteiger partial charge on any atom is -0.370 e. The van der Waals surface area contributed by atoms with Gasteiger partial charge < -0.3 is 11.1 Å². The van der Waals surface area contributed by atoms with E-state index < -0.39 is 0 Å². The maximum atomic E-state index is 5.83. The molecule has 0 aromatic heterocycles. The number of hydrogen-bond donors (Lipinski definition) is 2. The summed E-state index contributed by atoms with van der Waals surface area (Å²) in [6.45, 7) is 2.01. The maximum Gasteiger partial charge on any atom is 0.0740 e. The first-order valence-electron chi connectivity index (χ1n) is 4.10. The summed E-state index contributed by atoms with van der Waals surface area (Å²) in [6.07, 6.45) is 0.817. The molecular weight excluding hydrogens is 207 g/mol. The third kappa shape index (κ3) is 3.07. The number of halogens is 2. The molecule has 4 heteroatoms. The van der Waals surface area contributed by atoms with E-state index in [1.807, 2.05) is 13.0 Å². The van der Waals surface area contributed by atoms with Crippen LogP contribution < -0.4 is 11.1 Å². The van der Waals surface area contributed by atoms with Crippen molar-refractivity contribution in [1.29, 1.82) is 0 Å². The molecule has 1 rings (SSSR count). The van der Waals surface area contributed by atoms with Gasteiger partial charge in [-0.05, 0) is 24.6 Å². The fraction of sp³-hybridized carbons (Fsp3) is 0.333. The molecule has 0 heterocycles. The average Bonchev–Trinajstić information content (AvgIpc) is 2.11. The summed E-state index contributed by atoms with van der Waals surface area (Å²) in [7, 11) is 0. The first-order chi connectivity index (χ1) is 6.13. The minimum absolute atomic E-state index is 0.0442. The van der Waals surface area contributed by atoms with Gasteiger partial charge in [0.2, 0.25) is 0 Å². The lowest BCUT2D eigenvalue weighted by Gasteiger charge is -2.13. The van der Waals surface area contributed by atoms with Crippen LogP contribution in [-0.4, -0.2) is 6.17 Å². The highest BCUT2D eigenvalue weighted by Gasteiger charge is 2.01. The summed E-state index contributed by atoms with van der Waals surface area (Å²) in [6, 6.07) is 5.36. The zero-order chi connectivity index (χ0) is 9.84. The van der Waals surface area contributed by atoms with Crippen LogP contribution in [0.2, 0.25) is 10.0 Å². The number of anilines is 1. The second-order valence-corrected chi connectivity index (χ2v) is 3.60. The molecule has 2 nitrogen and oxygen atoms in total. The highest BCUT2D eigenvalue weighted by atomic mass is 35.5. The second-order valence-electron chi connectivity index (χ2n) is 2.79. The quantitative estimate of drug-likeness (QED) is 0.766. The Morgan fingerprint density at radius 2 is 2.08 bits per heavy atom. The van der Waals surface area contributed by atoms with Crippen molar-refractivity contribution in [3.05, 3.63) is 28.2 Å². The SMILES string of the molecule is CCC(N)Nc1ccc(Cl)c(Cl)c1. The van der Waals surface area contributed by atoms with Gasteiger partial charge in [0.15, 0.2) is 0 Å². The van der Waals surface area contributed by atoms with Gasteiger partial charge in [0.05, 0.1) is 16.2 Å². The van der Waals surface area contributed by atoms with E-state index in [-0.39, 0.29) is 6.17 Å². The topological polar surface area (TPSA) is 38.0 Å². The van der Waals surface area contributed by atoms with E-state index in [4.69, 9.17) is 28.9 Å². The normalized spacial score (nSPS) is 12.6. The van der Waals surface area contributed by atoms with Crippen molar-refractivity contribution in [3.63, 3.8) is 0 Å². The zero-order valence-corrected chi connectivity index (χ0v) is 8.86. The van der Waals surface area contributed by atoms with Crippen LogP contribution in [0.15, 0.2) is 18.2 Å². The van der Waals surface area contributed by atoms with Crippen LogP contribution in [0, 0.1) is 0 Å². The summed E-state index contributed by atoms with van der Waals surface area (Å²) >= 11 is 11.6. The summed E-state index contributed by atoms with van der Waals surface area (Å²) in [4.78, 5) is 0. The molecule has 0 bridgehead atoms. The summed E-state index contributed by atoms with van der Waals surface area (Å²) in [5.74, 6) is 0. The standard InChI is InChI=1S/C9H12Cl2N2/c1-2-9(12)13-6-3-4-7(10)8(11)5-6/h3-5,9,13H,2,12H2,1H3. The maximum absolute atomic E-state index is 5.83. The van der Waals surface area contributed by atoms with Gasteiger partial charge in [-0.3, -0.25) is 0 Å². The van der Waals surface area contributed by atoms with Gasteiger partial charge >= 0.3 is 0 Å². The lowest BCUT2D eigenvalue weighted by Crippen LogP contribution is -2.28. The van der Waals surface area contributed by atoms with E-state index >= 15 is 0 Å². The Morgan fingerprint density at radius 3 is 2.62 bits per heavy atom. The van der Waals surface area contributed by atoms with Crippen molar-refractivity contribution < 1.29 is 0 Å². The molecule has 72 valence electrons. The smallest absolute Gasteiger partial charge is 0.0740 e. The van der Waals surface area contributed by atoms with Crippen LogP contribution in [-0.2, 0) is 0 Å². The molecule has 0 spiro atoms. The molecule has 0 aliphatic heterocycles. The molecule has 0 saturated heterocycles. The number of nitrogens with two attached hydrogens (primary N) is 1. The summed E-state index contributed by atoms with van der Waals surface area (Å²) in [5.41, 5.74) is 6.60. The van der Waals surface area contributed by atoms with Crippen LogP contribution in [0.5, 0.6) is 0 Å². The van der Waals surface area contributed by atoms with E-state index in [9.17, 15) is 0 Å². The van der Waals surface area contributed by atoms with Crippen LogP contribution in [0.1, 0.15) is 13.3 Å². The van der Waals surface area contributed by atoms with Gasteiger partial charge in [0.25, 0.3) is 0 Å². The monoisotopic (exact) mass is 218 g/mol. The van der Waals surface area contributed by atoms with Gasteiger partial charge in [0.1, 0.15) is 0 Å². The minimum atomic E-state index is -0.0442. The van der Waals surface area contributed by atoms with Crippen LogP contribution >= 0.6 is 23.2 Å². The molecule has 1 unspecified atom stereocenters. The van der Waals surface area contributed by atoms with Crippen molar-refractivity contribution in [2.45, 2.75) is 19.5 Å². The number of hydrogen-bond acceptors (Lipinski definition) is 2. The molecule has 0 aliphatic rings. The van der Waals surface area contributed by atoms with E-state index in [2.05, 4.69) is 5.32 Å². The number of benzene rings is 1. The van der Waals surface area contributed by atoms with Crippen LogP contribution in [0.25, 0.3) is 0 Å². The molecule has 0 amide bonds. The lowest BCUT2D eigenvalue weighted by atomic mass is 10.3. The number of rotatable bonds is 3. The third-order valence-corrected chi connectivity index (χ3v) is 2.45. The Kier molecular flexibility index (Phi) is 3.85. The summed E-state index contributed by atoms with van der Waals surface area (Å²) in [5, 5.41) is 4.18. The molecule has 0 radical (unpaired) electrons. The van der Waals surface area contributed by atoms with Crippen molar-refractivity contribution in [2.75, 3.05) is 5.32 Å². The molecule has 0 saturated carbocycles. The predicted molar refractivity (Wildman–Crippen MR) is 58.4 cm³/mol. The van der Waals surface area contributed by atoms with Gasteiger partial charge in [-0.1, -0.05) is 30.1 Å². The second kappa shape index (κ2) is 4.70. The van der Waals surface area contributed by atoms with Gasteiger partial charge in [-0.15, -0.1) is 0 Å². The Balaban J connectivity index is 2.73. The molecule has 0 fully saturated rings. The van der Waals surface area contributed by atoms with Gasteiger partial charge in [-0.2, -0.15) is 0 Å². The van der Waals surface area contributed by atoms with Gasteiger partial charge in [0, 0.05) is 5.69 Å². The molecule has 1 aromatic rings. The van der Waals surface area contributed by atoms with E-state index in [0.29, 0.717) is 10.0 Å². The average molecular weight is 219 g/mol. The molecule has 1 aromatic carbocycles. The largest absolute Gasteiger partial charge is 0.370 e. The fourth-order valence-electron chi connectivity index (χ4n) is 0.902. The molecule has 0 aliphatic carbocycles. The van der Waals surface area contributed by atoms with Crippen LogP contribution in [0.3, 0.4) is 0 Å². The highest BCUT2D eigenvalue weighted by molar-refractivity contribution is 6.42. The van der Waals surface area contributed by atoms with Crippen molar-refractivity contribution >= 4 is 28.9 Å². The fourth-order valence-corrected chi connectivity index (χ4v) is 1.20. The number of nitrogens with one attached hydrogen (secondary N) is 1. The summed E-state index contributed by atoms with van der Waals surface area (Å²) < 4.78 is 0. The van der Waals surface area contributed by atoms with Crippen molar-refractivity contribution in [1.82, 2.24) is 0 Å². The zero-order valence-electron chi connectivity index (χ0n) is 7.35. The Hall–Kier alpha value is -0.440. The van der Waals surface area contributed by atoms with Gasteiger partial charge in [-0.25, -0.2) is 0 Å². The Labute approximate surface area is 88.0 Å². The molecule has 1 atom stereocenters. The van der Waals surface area contributed by atoms with E-state index in [0.717, 1.165) is 12.1 Å². The predicted octanol–water partition coefficient (Wildman–Crippen LogP) is 3.10. The first-order valence-corrected chi connectivity index (χ1v) is 4.86. The van der Waals surface area contributed by atoms with Crippen molar-refractivity contribution in [3.8, 4) is 0 Å². The Bertz CT molecular complexity index is 289. The lowest BCUT2D eigenvalue weighted by molar-refractivity contribution is 0.730. The van der Waals surface area contributed by atoms with E-state index in [1.54, 1.807) is 12.1 Å². The molecule has 13 heavy (non-hydrogen) atoms. The first kappa shape index (κ1) is 10.6. The van der Waals surface area contributed by atoms with Crippen LogP contribution in [0.4, 0.5) is 5.69 Å². The van der Waals surface area contributed by atoms with E-state index in [1.165, 1.54) is 0 Å². The highest BCUT2D eigenvalue weighted by Crippen LogP contribution is 2.25. The molecular formula is C9H12Cl2N2. The van der Waals surface area contributed by atoms with Crippen molar-refractivity contribution in [2.24, 2.45) is 5.73 Å². The molecule has 3 N–H and O–H groups in total. The third-order valence-electron chi connectivity index (χ3n) is 1.71. The Morgan fingerprint density at radius 1 is 1.38 bits per heavy atom.